The molecule has 4 nitrogen and oxygen atoms in total. The fourth-order valence-corrected chi connectivity index (χ4v) is 1.83. The lowest BCUT2D eigenvalue weighted by Crippen LogP contribution is -2.13. The van der Waals surface area contributed by atoms with Crippen LogP contribution in [0.2, 0.25) is 0 Å². The molecule has 94 valence electrons. The Bertz CT molecular complexity index is 391. The molecule has 1 rings (SSSR count). The maximum atomic E-state index is 10.8. The molecule has 0 fully saturated rings. The van der Waals surface area contributed by atoms with Gasteiger partial charge in [0.25, 0.3) is 5.69 Å². The number of nitro benzene ring substituents is 1. The van der Waals surface area contributed by atoms with Gasteiger partial charge in [0.05, 0.1) is 17.1 Å². The van der Waals surface area contributed by atoms with E-state index in [-0.39, 0.29) is 5.69 Å². The van der Waals surface area contributed by atoms with E-state index in [4.69, 9.17) is 4.74 Å². The van der Waals surface area contributed by atoms with Crippen molar-refractivity contribution < 1.29 is 9.66 Å². The summed E-state index contributed by atoms with van der Waals surface area (Å²) in [5, 5.41) is 10.8. The van der Waals surface area contributed by atoms with Gasteiger partial charge in [-0.25, -0.2) is 0 Å². The van der Waals surface area contributed by atoms with Crippen LogP contribution in [0.5, 0.6) is 5.75 Å². The van der Waals surface area contributed by atoms with Crippen molar-refractivity contribution in [2.45, 2.75) is 20.3 Å². The number of thiol groups is 1. The molecule has 1 aromatic carbocycles. The molecule has 0 amide bonds. The molecule has 0 bridgehead atoms. The number of hydrogen-bond donors (Lipinski definition) is 1. The number of ether oxygens (including phenoxy) is 1. The number of nitrogens with zero attached hydrogens (tertiary/aromatic N) is 1. The molecule has 0 saturated heterocycles. The Morgan fingerprint density at radius 3 is 2.76 bits per heavy atom. The highest BCUT2D eigenvalue weighted by Crippen LogP contribution is 2.27. The van der Waals surface area contributed by atoms with Crippen LogP contribution in [0, 0.1) is 23.0 Å². The van der Waals surface area contributed by atoms with E-state index in [0.29, 0.717) is 23.8 Å². The van der Waals surface area contributed by atoms with E-state index in [0.717, 1.165) is 12.2 Å². The van der Waals surface area contributed by atoms with E-state index in [1.165, 1.54) is 6.07 Å². The Morgan fingerprint density at radius 2 is 2.24 bits per heavy atom. The third-order valence-corrected chi connectivity index (χ3v) is 3.28. The summed E-state index contributed by atoms with van der Waals surface area (Å²) in [5.74, 6) is 1.71. The van der Waals surface area contributed by atoms with Gasteiger partial charge in [-0.1, -0.05) is 13.0 Å². The molecule has 0 radical (unpaired) electrons. The first-order valence-electron chi connectivity index (χ1n) is 5.57. The molecule has 0 aliphatic rings. The van der Waals surface area contributed by atoms with E-state index in [2.05, 4.69) is 19.6 Å². The Kier molecular flexibility index (Phi) is 5.28. The third kappa shape index (κ3) is 3.63. The summed E-state index contributed by atoms with van der Waals surface area (Å²) in [6, 6.07) is 4.88. The van der Waals surface area contributed by atoms with Crippen LogP contribution in [-0.2, 0) is 0 Å². The van der Waals surface area contributed by atoms with Crippen molar-refractivity contribution in [3.05, 3.63) is 33.9 Å². The zero-order valence-corrected chi connectivity index (χ0v) is 10.9. The van der Waals surface area contributed by atoms with E-state index >= 15 is 0 Å². The van der Waals surface area contributed by atoms with Crippen LogP contribution in [-0.4, -0.2) is 17.3 Å². The van der Waals surface area contributed by atoms with Crippen molar-refractivity contribution in [3.8, 4) is 5.75 Å². The van der Waals surface area contributed by atoms with Crippen molar-refractivity contribution in [2.24, 2.45) is 5.92 Å². The van der Waals surface area contributed by atoms with Gasteiger partial charge in [0.1, 0.15) is 5.75 Å². The fourth-order valence-electron chi connectivity index (χ4n) is 1.46. The van der Waals surface area contributed by atoms with Gasteiger partial charge in [-0.15, -0.1) is 0 Å². The molecule has 0 saturated carbocycles. The zero-order chi connectivity index (χ0) is 12.8. The summed E-state index contributed by atoms with van der Waals surface area (Å²) in [7, 11) is 0. The second-order valence-corrected chi connectivity index (χ2v) is 4.29. The molecule has 1 unspecified atom stereocenters. The molecule has 5 heteroatoms. The van der Waals surface area contributed by atoms with Crippen LogP contribution in [0.1, 0.15) is 18.9 Å². The number of nitro groups is 1. The average Bonchev–Trinajstić information content (AvgIpc) is 2.32. The van der Waals surface area contributed by atoms with Crippen molar-refractivity contribution in [2.75, 3.05) is 12.4 Å². The Morgan fingerprint density at radius 1 is 1.53 bits per heavy atom. The first kappa shape index (κ1) is 13.8. The van der Waals surface area contributed by atoms with Crippen molar-refractivity contribution >= 4 is 18.3 Å². The minimum atomic E-state index is -0.391. The van der Waals surface area contributed by atoms with Crippen LogP contribution in [0.3, 0.4) is 0 Å². The van der Waals surface area contributed by atoms with Crippen LogP contribution in [0.4, 0.5) is 5.69 Å². The van der Waals surface area contributed by atoms with Crippen molar-refractivity contribution in [3.63, 3.8) is 0 Å². The predicted molar refractivity (Wildman–Crippen MR) is 71.0 cm³/mol. The second kappa shape index (κ2) is 6.49. The SMILES string of the molecule is CCC(CS)COc1cccc([N+](=O)[O-])c1C. The molecule has 1 aromatic rings. The maximum Gasteiger partial charge on any atom is 0.276 e. The van der Waals surface area contributed by atoms with Crippen molar-refractivity contribution in [1.29, 1.82) is 0 Å². The maximum absolute atomic E-state index is 10.8. The molecule has 0 aromatic heterocycles. The van der Waals surface area contributed by atoms with Crippen LogP contribution < -0.4 is 4.74 Å². The van der Waals surface area contributed by atoms with Crippen molar-refractivity contribution in [1.82, 2.24) is 0 Å². The van der Waals surface area contributed by atoms with E-state index in [1.807, 2.05) is 0 Å². The standard InChI is InChI=1S/C12H17NO3S/c1-3-10(8-17)7-16-12-6-4-5-11(9(12)2)13(14)15/h4-6,10,17H,3,7-8H2,1-2H3. The first-order chi connectivity index (χ1) is 8.10. The summed E-state index contributed by atoms with van der Waals surface area (Å²) in [6.45, 7) is 4.32. The summed E-state index contributed by atoms with van der Waals surface area (Å²) >= 11 is 4.23. The minimum Gasteiger partial charge on any atom is -0.493 e. The first-order valence-corrected chi connectivity index (χ1v) is 6.21. The number of benzene rings is 1. The monoisotopic (exact) mass is 255 g/mol. The molecule has 0 aliphatic heterocycles. The predicted octanol–water partition coefficient (Wildman–Crippen LogP) is 3.24. The highest BCUT2D eigenvalue weighted by molar-refractivity contribution is 7.80. The smallest absolute Gasteiger partial charge is 0.276 e. The minimum absolute atomic E-state index is 0.0985. The molecule has 0 N–H and O–H groups in total. The summed E-state index contributed by atoms with van der Waals surface area (Å²) in [4.78, 5) is 10.4. The third-order valence-electron chi connectivity index (χ3n) is 2.76. The largest absolute Gasteiger partial charge is 0.493 e. The average molecular weight is 255 g/mol. The normalized spacial score (nSPS) is 12.2. The van der Waals surface area contributed by atoms with E-state index < -0.39 is 4.92 Å². The molecule has 0 aliphatic carbocycles. The van der Waals surface area contributed by atoms with Gasteiger partial charge in [-0.05, 0) is 25.2 Å². The Balaban J connectivity index is 2.78. The summed E-state index contributed by atoms with van der Waals surface area (Å²) < 4.78 is 5.62. The molecule has 0 spiro atoms. The molecule has 1 atom stereocenters. The van der Waals surface area contributed by atoms with Crippen LogP contribution in [0.15, 0.2) is 18.2 Å². The molecular weight excluding hydrogens is 238 g/mol. The Hall–Kier alpha value is -1.23. The van der Waals surface area contributed by atoms with E-state index in [1.54, 1.807) is 19.1 Å². The highest BCUT2D eigenvalue weighted by Gasteiger charge is 2.15. The lowest BCUT2D eigenvalue weighted by molar-refractivity contribution is -0.385. The lowest BCUT2D eigenvalue weighted by Gasteiger charge is -2.14. The van der Waals surface area contributed by atoms with Gasteiger partial charge in [0.2, 0.25) is 0 Å². The zero-order valence-electron chi connectivity index (χ0n) is 10.0. The van der Waals surface area contributed by atoms with Crippen LogP contribution >= 0.6 is 12.6 Å². The topological polar surface area (TPSA) is 52.4 Å². The van der Waals surface area contributed by atoms with Gasteiger partial charge < -0.3 is 4.74 Å². The van der Waals surface area contributed by atoms with Gasteiger partial charge >= 0.3 is 0 Å². The molecule has 17 heavy (non-hydrogen) atoms. The quantitative estimate of drug-likeness (QED) is 0.482. The molecule has 0 heterocycles. The summed E-state index contributed by atoms with van der Waals surface area (Å²) in [5.41, 5.74) is 0.674. The second-order valence-electron chi connectivity index (χ2n) is 3.93. The van der Waals surface area contributed by atoms with Gasteiger partial charge in [0.15, 0.2) is 0 Å². The highest BCUT2D eigenvalue weighted by atomic mass is 32.1. The molecular formula is C12H17NO3S. The van der Waals surface area contributed by atoms with Gasteiger partial charge in [-0.3, -0.25) is 10.1 Å². The Labute approximate surface area is 107 Å². The van der Waals surface area contributed by atoms with Gasteiger partial charge in [0, 0.05) is 12.0 Å². The number of rotatable bonds is 6. The van der Waals surface area contributed by atoms with Crippen LogP contribution in [0.25, 0.3) is 0 Å². The lowest BCUT2D eigenvalue weighted by atomic mass is 10.1. The number of hydrogen-bond acceptors (Lipinski definition) is 4. The summed E-state index contributed by atoms with van der Waals surface area (Å²) in [6.07, 6.45) is 0.984. The van der Waals surface area contributed by atoms with Gasteiger partial charge in [-0.2, -0.15) is 12.6 Å². The fraction of sp³-hybridized carbons (Fsp3) is 0.500. The van der Waals surface area contributed by atoms with E-state index in [9.17, 15) is 10.1 Å².